The number of carboxylic acid groups (broad SMARTS) is 1. The van der Waals surface area contributed by atoms with Crippen molar-refractivity contribution < 1.29 is 15.0 Å². The van der Waals surface area contributed by atoms with E-state index in [-0.39, 0.29) is 6.10 Å². The number of hydrogen-bond donors (Lipinski definition) is 2. The summed E-state index contributed by atoms with van der Waals surface area (Å²) in [5.74, 6) is -0.212. The summed E-state index contributed by atoms with van der Waals surface area (Å²) in [6.07, 6.45) is 1.81. The Hall–Kier alpha value is -1.73. The minimum atomic E-state index is -0.937. The Morgan fingerprint density at radius 3 is 2.95 bits per heavy atom. The molecule has 100 valence electrons. The van der Waals surface area contributed by atoms with Crippen molar-refractivity contribution in [3.63, 3.8) is 0 Å². The van der Waals surface area contributed by atoms with E-state index in [4.69, 9.17) is 0 Å². The topological polar surface area (TPSA) is 86.5 Å². The van der Waals surface area contributed by atoms with Gasteiger partial charge in [0.1, 0.15) is 21.9 Å². The number of aliphatic hydroxyl groups excluding tert-OH is 1. The van der Waals surface area contributed by atoms with Crippen molar-refractivity contribution in [3.8, 4) is 0 Å². The van der Waals surface area contributed by atoms with Crippen LogP contribution in [0.1, 0.15) is 21.7 Å². The smallest absolute Gasteiger partial charge is 0.346 e. The van der Waals surface area contributed by atoms with E-state index in [9.17, 15) is 15.0 Å². The predicted octanol–water partition coefficient (Wildman–Crippen LogP) is 1.27. The number of anilines is 1. The molecule has 2 aromatic rings. The van der Waals surface area contributed by atoms with Crippen LogP contribution in [-0.2, 0) is 0 Å². The Morgan fingerprint density at radius 1 is 1.53 bits per heavy atom. The fourth-order valence-corrected chi connectivity index (χ4v) is 3.41. The molecule has 1 aliphatic rings. The molecule has 0 spiro atoms. The zero-order valence-corrected chi connectivity index (χ0v) is 11.1. The van der Waals surface area contributed by atoms with E-state index in [1.807, 2.05) is 4.90 Å². The van der Waals surface area contributed by atoms with Gasteiger partial charge < -0.3 is 15.1 Å². The number of aromatic nitrogens is 2. The highest BCUT2D eigenvalue weighted by Gasteiger charge is 2.26. The maximum atomic E-state index is 11.2. The van der Waals surface area contributed by atoms with Gasteiger partial charge >= 0.3 is 5.97 Å². The van der Waals surface area contributed by atoms with Crippen LogP contribution in [-0.4, -0.2) is 45.3 Å². The number of rotatable bonds is 2. The van der Waals surface area contributed by atoms with E-state index in [1.54, 1.807) is 6.92 Å². The molecule has 1 aliphatic heterocycles. The normalized spacial score (nSPS) is 19.3. The van der Waals surface area contributed by atoms with Crippen LogP contribution in [0.2, 0.25) is 0 Å². The Balaban J connectivity index is 2.17. The highest BCUT2D eigenvalue weighted by molar-refractivity contribution is 7.20. The summed E-state index contributed by atoms with van der Waals surface area (Å²) in [5, 5.41) is 19.6. The molecular weight excluding hydrogens is 266 g/mol. The van der Waals surface area contributed by atoms with Crippen LogP contribution in [0.3, 0.4) is 0 Å². The fourth-order valence-electron chi connectivity index (χ4n) is 2.43. The van der Waals surface area contributed by atoms with Crippen LogP contribution in [0.4, 0.5) is 5.82 Å². The van der Waals surface area contributed by atoms with Crippen molar-refractivity contribution in [3.05, 3.63) is 16.8 Å². The third kappa shape index (κ3) is 1.95. The van der Waals surface area contributed by atoms with Crippen LogP contribution in [0.25, 0.3) is 10.2 Å². The molecule has 3 heterocycles. The van der Waals surface area contributed by atoms with Gasteiger partial charge in [0.25, 0.3) is 0 Å². The van der Waals surface area contributed by atoms with Gasteiger partial charge in [0.15, 0.2) is 0 Å². The van der Waals surface area contributed by atoms with Gasteiger partial charge in [-0.25, -0.2) is 14.8 Å². The number of aryl methyl sites for hydroxylation is 1. The minimum Gasteiger partial charge on any atom is -0.477 e. The van der Waals surface area contributed by atoms with Crippen molar-refractivity contribution in [2.45, 2.75) is 19.4 Å². The lowest BCUT2D eigenvalue weighted by Gasteiger charge is -2.17. The molecule has 0 aliphatic carbocycles. The molecule has 1 saturated heterocycles. The Labute approximate surface area is 113 Å². The molecule has 0 bridgehead atoms. The van der Waals surface area contributed by atoms with Crippen molar-refractivity contribution in [2.75, 3.05) is 18.0 Å². The number of aromatic carboxylic acids is 1. The second-order valence-electron chi connectivity index (χ2n) is 4.63. The number of carboxylic acids is 1. The van der Waals surface area contributed by atoms with Crippen molar-refractivity contribution >= 4 is 33.3 Å². The Kier molecular flexibility index (Phi) is 2.87. The number of fused-ring (bicyclic) bond motifs is 1. The van der Waals surface area contributed by atoms with Gasteiger partial charge in [0, 0.05) is 13.1 Å². The summed E-state index contributed by atoms with van der Waals surface area (Å²) in [5.41, 5.74) is 0.699. The molecule has 0 aromatic carbocycles. The first-order valence-electron chi connectivity index (χ1n) is 5.98. The molecule has 1 fully saturated rings. The quantitative estimate of drug-likeness (QED) is 0.861. The van der Waals surface area contributed by atoms with E-state index in [0.29, 0.717) is 28.2 Å². The predicted molar refractivity (Wildman–Crippen MR) is 71.9 cm³/mol. The van der Waals surface area contributed by atoms with Gasteiger partial charge in [0.2, 0.25) is 0 Å². The lowest BCUT2D eigenvalue weighted by molar-refractivity contribution is 0.0701. The molecule has 0 amide bonds. The highest BCUT2D eigenvalue weighted by atomic mass is 32.1. The van der Waals surface area contributed by atoms with Gasteiger partial charge in [-0.2, -0.15) is 0 Å². The lowest BCUT2D eigenvalue weighted by Crippen LogP contribution is -2.22. The molecule has 7 heteroatoms. The van der Waals surface area contributed by atoms with E-state index >= 15 is 0 Å². The molecule has 19 heavy (non-hydrogen) atoms. The summed E-state index contributed by atoms with van der Waals surface area (Å²) in [6, 6.07) is 0. The summed E-state index contributed by atoms with van der Waals surface area (Å²) in [6.45, 7) is 3.04. The van der Waals surface area contributed by atoms with Gasteiger partial charge in [-0.15, -0.1) is 11.3 Å². The molecule has 1 unspecified atom stereocenters. The van der Waals surface area contributed by atoms with Crippen LogP contribution >= 0.6 is 11.3 Å². The van der Waals surface area contributed by atoms with Gasteiger partial charge in [-0.05, 0) is 18.9 Å². The second-order valence-corrected chi connectivity index (χ2v) is 5.63. The average Bonchev–Trinajstić information content (AvgIpc) is 2.94. The van der Waals surface area contributed by atoms with E-state index < -0.39 is 5.97 Å². The SMILES string of the molecule is Cc1c(C(=O)O)sc2ncnc(N3CCC(O)C3)c12. The first-order valence-corrected chi connectivity index (χ1v) is 6.80. The average molecular weight is 279 g/mol. The number of aliphatic hydroxyl groups is 1. The lowest BCUT2D eigenvalue weighted by atomic mass is 10.2. The molecule has 0 radical (unpaired) electrons. The fraction of sp³-hybridized carbons (Fsp3) is 0.417. The number of thiophene rings is 1. The first kappa shape index (κ1) is 12.3. The first-order chi connectivity index (χ1) is 9.08. The molecular formula is C12H13N3O3S. The zero-order chi connectivity index (χ0) is 13.6. The maximum absolute atomic E-state index is 11.2. The van der Waals surface area contributed by atoms with Crippen LogP contribution in [0, 0.1) is 6.92 Å². The second kappa shape index (κ2) is 4.43. The summed E-state index contributed by atoms with van der Waals surface area (Å²) in [4.78, 5) is 22.6. The van der Waals surface area contributed by atoms with Crippen LogP contribution in [0.15, 0.2) is 6.33 Å². The zero-order valence-electron chi connectivity index (χ0n) is 10.3. The molecule has 3 rings (SSSR count). The molecule has 1 atom stereocenters. The molecule has 2 N–H and O–H groups in total. The molecule has 0 saturated carbocycles. The van der Waals surface area contributed by atoms with Gasteiger partial charge in [0.05, 0.1) is 11.5 Å². The van der Waals surface area contributed by atoms with Crippen molar-refractivity contribution in [1.29, 1.82) is 0 Å². The van der Waals surface area contributed by atoms with E-state index in [2.05, 4.69) is 9.97 Å². The number of hydrogen-bond acceptors (Lipinski definition) is 6. The third-order valence-corrected chi connectivity index (χ3v) is 4.55. The van der Waals surface area contributed by atoms with Crippen LogP contribution in [0.5, 0.6) is 0 Å². The van der Waals surface area contributed by atoms with Gasteiger partial charge in [-0.1, -0.05) is 0 Å². The summed E-state index contributed by atoms with van der Waals surface area (Å²) < 4.78 is 0. The standard InChI is InChI=1S/C12H13N3O3S/c1-6-8-10(15-3-2-7(16)4-15)13-5-14-11(8)19-9(6)12(17)18/h5,7,16H,2-4H2,1H3,(H,17,18). The van der Waals surface area contributed by atoms with Gasteiger partial charge in [-0.3, -0.25) is 0 Å². The maximum Gasteiger partial charge on any atom is 0.346 e. The summed E-state index contributed by atoms with van der Waals surface area (Å²) in [7, 11) is 0. The van der Waals surface area contributed by atoms with Crippen LogP contribution < -0.4 is 4.90 Å². The number of carbonyl (C=O) groups is 1. The highest BCUT2D eigenvalue weighted by Crippen LogP contribution is 2.35. The van der Waals surface area contributed by atoms with E-state index in [0.717, 1.165) is 17.7 Å². The Bertz CT molecular complexity index is 655. The van der Waals surface area contributed by atoms with E-state index in [1.165, 1.54) is 17.7 Å². The molecule has 6 nitrogen and oxygen atoms in total. The third-order valence-electron chi connectivity index (χ3n) is 3.36. The Morgan fingerprint density at radius 2 is 2.32 bits per heavy atom. The monoisotopic (exact) mass is 279 g/mol. The number of β-amino-alcohol motifs (C(OH)–C–C–N with tert-alkyl or cyclic N) is 1. The van der Waals surface area contributed by atoms with Crippen molar-refractivity contribution in [2.24, 2.45) is 0 Å². The minimum absolute atomic E-state index is 0.302. The number of nitrogens with zero attached hydrogens (tertiary/aromatic N) is 3. The summed E-state index contributed by atoms with van der Waals surface area (Å²) >= 11 is 1.17. The van der Waals surface area contributed by atoms with Crippen molar-refractivity contribution in [1.82, 2.24) is 9.97 Å². The molecule has 2 aromatic heterocycles. The largest absolute Gasteiger partial charge is 0.477 e.